The minimum atomic E-state index is -1.05. The Kier molecular flexibility index (Phi) is 7.22. The minimum Gasteiger partial charge on any atom is -0.482 e. The molecule has 1 amide bonds. The Morgan fingerprint density at radius 1 is 0.970 bits per heavy atom. The van der Waals surface area contributed by atoms with Gasteiger partial charge in [0.15, 0.2) is 11.8 Å². The first kappa shape index (κ1) is 22.4. The van der Waals surface area contributed by atoms with Crippen LogP contribution in [0.1, 0.15) is 16.7 Å². The molecular weight excluding hydrogens is 436 g/mol. The summed E-state index contributed by atoms with van der Waals surface area (Å²) in [5.41, 5.74) is 2.83. The lowest BCUT2D eigenvalue weighted by Crippen LogP contribution is -2.28. The smallest absolute Gasteiger partial charge is 0.341 e. The summed E-state index contributed by atoms with van der Waals surface area (Å²) in [7, 11) is 0. The minimum absolute atomic E-state index is 0.118. The molecule has 1 aliphatic rings. The average molecular weight is 459 g/mol. The van der Waals surface area contributed by atoms with E-state index < -0.39 is 12.6 Å². The number of hydrogen-bond acceptors (Lipinski definition) is 5. The third-order valence-electron chi connectivity index (χ3n) is 4.83. The van der Waals surface area contributed by atoms with E-state index in [1.807, 2.05) is 66.7 Å². The maximum absolute atomic E-state index is 13.3. The van der Waals surface area contributed by atoms with E-state index in [9.17, 15) is 9.59 Å². The number of carboxylic acid groups (broad SMARTS) is 1. The van der Waals surface area contributed by atoms with Crippen LogP contribution in [0.5, 0.6) is 5.75 Å². The van der Waals surface area contributed by atoms with Gasteiger partial charge in [-0.1, -0.05) is 72.8 Å². The van der Waals surface area contributed by atoms with E-state index in [2.05, 4.69) is 0 Å². The number of amides is 1. The fourth-order valence-electron chi connectivity index (χ4n) is 3.26. The van der Waals surface area contributed by atoms with Crippen LogP contribution in [-0.2, 0) is 22.7 Å². The zero-order valence-electron chi connectivity index (χ0n) is 17.8. The molecule has 3 aromatic rings. The molecule has 0 aromatic heterocycles. The van der Waals surface area contributed by atoms with Gasteiger partial charge in [0.2, 0.25) is 0 Å². The van der Waals surface area contributed by atoms with E-state index in [4.69, 9.17) is 14.8 Å². The predicted octanol–water partition coefficient (Wildman–Crippen LogP) is 4.82. The molecular formula is C26H22N2O4S. The molecule has 1 fully saturated rings. The Labute approximate surface area is 196 Å². The standard InChI is InChI=1S/C26H22N2O4S/c29-24(30)18-32-22-13-7-12-21(14-22)15-23-25(31)28(17-20-10-5-2-6-11-20)26(33-23)27-16-19-8-3-1-4-9-19/h1-15H,16-18H2,(H,29,30). The monoisotopic (exact) mass is 458 g/mol. The van der Waals surface area contributed by atoms with E-state index in [1.165, 1.54) is 11.8 Å². The summed E-state index contributed by atoms with van der Waals surface area (Å²) in [6.07, 6.45) is 1.78. The van der Waals surface area contributed by atoms with Crippen molar-refractivity contribution in [3.8, 4) is 5.75 Å². The second-order valence-corrected chi connectivity index (χ2v) is 8.34. The summed E-state index contributed by atoms with van der Waals surface area (Å²) in [5, 5.41) is 9.47. The summed E-state index contributed by atoms with van der Waals surface area (Å²) in [5.74, 6) is -0.732. The van der Waals surface area contributed by atoms with Gasteiger partial charge >= 0.3 is 5.97 Å². The van der Waals surface area contributed by atoms with Crippen LogP contribution in [0.4, 0.5) is 0 Å². The highest BCUT2D eigenvalue weighted by molar-refractivity contribution is 8.18. The molecule has 33 heavy (non-hydrogen) atoms. The maximum atomic E-state index is 13.3. The lowest BCUT2D eigenvalue weighted by atomic mass is 10.2. The van der Waals surface area contributed by atoms with E-state index in [0.717, 1.165) is 16.7 Å². The normalized spacial score (nSPS) is 15.9. The van der Waals surface area contributed by atoms with Gasteiger partial charge in [0.05, 0.1) is 18.0 Å². The van der Waals surface area contributed by atoms with Crippen LogP contribution in [0.25, 0.3) is 6.08 Å². The Morgan fingerprint density at radius 3 is 2.36 bits per heavy atom. The predicted molar refractivity (Wildman–Crippen MR) is 130 cm³/mol. The molecule has 1 aliphatic heterocycles. The highest BCUT2D eigenvalue weighted by Gasteiger charge is 2.33. The van der Waals surface area contributed by atoms with Crippen LogP contribution >= 0.6 is 11.8 Å². The Balaban J connectivity index is 1.59. The Bertz CT molecular complexity index is 1190. The molecule has 166 valence electrons. The average Bonchev–Trinajstić information content (AvgIpc) is 3.12. The summed E-state index contributed by atoms with van der Waals surface area (Å²) < 4.78 is 5.25. The van der Waals surface area contributed by atoms with Crippen LogP contribution in [0.15, 0.2) is 94.8 Å². The van der Waals surface area contributed by atoms with Gasteiger partial charge in [-0.3, -0.25) is 14.7 Å². The molecule has 0 aliphatic carbocycles. The first-order chi connectivity index (χ1) is 16.1. The van der Waals surface area contributed by atoms with Gasteiger partial charge in [-0.25, -0.2) is 4.79 Å². The van der Waals surface area contributed by atoms with Gasteiger partial charge < -0.3 is 9.84 Å². The third kappa shape index (κ3) is 6.11. The number of thioether (sulfide) groups is 1. The number of carbonyl (C=O) groups excluding carboxylic acids is 1. The molecule has 0 unspecified atom stereocenters. The van der Waals surface area contributed by atoms with Crippen LogP contribution in [-0.4, -0.2) is 33.7 Å². The first-order valence-corrected chi connectivity index (χ1v) is 11.2. The van der Waals surface area contributed by atoms with Crippen LogP contribution in [0.3, 0.4) is 0 Å². The van der Waals surface area contributed by atoms with Gasteiger partial charge in [-0.15, -0.1) is 0 Å². The number of rotatable bonds is 8. The maximum Gasteiger partial charge on any atom is 0.341 e. The van der Waals surface area contributed by atoms with Crippen molar-refractivity contribution in [2.24, 2.45) is 4.99 Å². The lowest BCUT2D eigenvalue weighted by molar-refractivity contribution is -0.139. The number of hydrogen-bond donors (Lipinski definition) is 1. The van der Waals surface area contributed by atoms with Crippen molar-refractivity contribution in [3.63, 3.8) is 0 Å². The summed E-state index contributed by atoms with van der Waals surface area (Å²) in [4.78, 5) is 31.0. The molecule has 4 rings (SSSR count). The number of amidine groups is 1. The van der Waals surface area contributed by atoms with Gasteiger partial charge in [-0.05, 0) is 46.7 Å². The first-order valence-electron chi connectivity index (χ1n) is 10.4. The highest BCUT2D eigenvalue weighted by Crippen LogP contribution is 2.34. The molecule has 6 nitrogen and oxygen atoms in total. The van der Waals surface area contributed by atoms with Crippen molar-refractivity contribution >= 4 is 34.9 Å². The van der Waals surface area contributed by atoms with Crippen LogP contribution in [0.2, 0.25) is 0 Å². The zero-order valence-corrected chi connectivity index (χ0v) is 18.6. The van der Waals surface area contributed by atoms with Crippen molar-refractivity contribution in [2.75, 3.05) is 6.61 Å². The summed E-state index contributed by atoms with van der Waals surface area (Å²) in [6, 6.07) is 26.7. The molecule has 3 aromatic carbocycles. The lowest BCUT2D eigenvalue weighted by Gasteiger charge is -2.15. The quantitative estimate of drug-likeness (QED) is 0.490. The van der Waals surface area contributed by atoms with E-state index in [-0.39, 0.29) is 5.91 Å². The molecule has 0 radical (unpaired) electrons. The van der Waals surface area contributed by atoms with Gasteiger partial charge in [0, 0.05) is 0 Å². The van der Waals surface area contributed by atoms with E-state index >= 15 is 0 Å². The third-order valence-corrected chi connectivity index (χ3v) is 5.87. The zero-order chi connectivity index (χ0) is 23.0. The second-order valence-electron chi connectivity index (χ2n) is 7.33. The van der Waals surface area contributed by atoms with Crippen molar-refractivity contribution in [1.29, 1.82) is 0 Å². The largest absolute Gasteiger partial charge is 0.482 e. The highest BCUT2D eigenvalue weighted by atomic mass is 32.2. The van der Waals surface area contributed by atoms with Gasteiger partial charge in [-0.2, -0.15) is 0 Å². The molecule has 1 heterocycles. The fourth-order valence-corrected chi connectivity index (χ4v) is 4.24. The van der Waals surface area contributed by atoms with Crippen molar-refractivity contribution in [2.45, 2.75) is 13.1 Å². The number of carboxylic acids is 1. The number of aliphatic imine (C=N–C) groups is 1. The second kappa shape index (κ2) is 10.7. The van der Waals surface area contributed by atoms with E-state index in [1.54, 1.807) is 29.2 Å². The van der Waals surface area contributed by atoms with Crippen molar-refractivity contribution in [1.82, 2.24) is 4.90 Å². The number of aliphatic carboxylic acids is 1. The van der Waals surface area contributed by atoms with Gasteiger partial charge in [0.1, 0.15) is 5.75 Å². The molecule has 0 bridgehead atoms. The molecule has 7 heteroatoms. The van der Waals surface area contributed by atoms with Crippen LogP contribution < -0.4 is 4.74 Å². The molecule has 0 spiro atoms. The summed E-state index contributed by atoms with van der Waals surface area (Å²) >= 11 is 1.34. The van der Waals surface area contributed by atoms with E-state index in [0.29, 0.717) is 28.9 Å². The molecule has 1 saturated heterocycles. The topological polar surface area (TPSA) is 79.2 Å². The number of ether oxygens (including phenoxy) is 1. The number of carbonyl (C=O) groups is 2. The SMILES string of the molecule is O=C(O)COc1cccc(C=C2SC(=NCc3ccccc3)N(Cc3ccccc3)C2=O)c1. The molecule has 0 saturated carbocycles. The fraction of sp³-hybridized carbons (Fsp3) is 0.115. The molecule has 0 atom stereocenters. The number of nitrogens with zero attached hydrogens (tertiary/aromatic N) is 2. The number of benzene rings is 3. The summed E-state index contributed by atoms with van der Waals surface area (Å²) in [6.45, 7) is 0.488. The van der Waals surface area contributed by atoms with Crippen molar-refractivity contribution in [3.05, 3.63) is 107 Å². The Hall–Kier alpha value is -3.84. The Morgan fingerprint density at radius 2 is 1.67 bits per heavy atom. The molecule has 1 N–H and O–H groups in total. The van der Waals surface area contributed by atoms with Gasteiger partial charge in [0.25, 0.3) is 5.91 Å². The van der Waals surface area contributed by atoms with Crippen molar-refractivity contribution < 1.29 is 19.4 Å². The van der Waals surface area contributed by atoms with Crippen LogP contribution in [0, 0.1) is 0 Å².